The lowest BCUT2D eigenvalue weighted by atomic mass is 9.80. The van der Waals surface area contributed by atoms with Crippen molar-refractivity contribution in [3.8, 4) is 0 Å². The molecular weight excluding hydrogens is 322 g/mol. The number of carbonyl (C=O) groups is 3. The van der Waals surface area contributed by atoms with Crippen LogP contribution in [0.4, 0.5) is 5.13 Å². The molecular formula is C14H19N3O5S. The number of cyclic esters (lactones) is 1. The van der Waals surface area contributed by atoms with Gasteiger partial charge in [0.05, 0.1) is 6.61 Å². The predicted molar refractivity (Wildman–Crippen MR) is 81.6 cm³/mol. The lowest BCUT2D eigenvalue weighted by Gasteiger charge is -2.21. The number of nitrogens with one attached hydrogen (secondary N) is 1. The SMILES string of the molecule is CCCCC1(C(=O)OCC)CC(C(=O)Nc2nncs2)OC1=O. The number of carbonyl (C=O) groups excluding carboxylic acids is 3. The van der Waals surface area contributed by atoms with E-state index in [1.165, 1.54) is 5.51 Å². The largest absolute Gasteiger partial charge is 0.465 e. The molecule has 1 N–H and O–H groups in total. The Kier molecular flexibility index (Phi) is 5.64. The van der Waals surface area contributed by atoms with Crippen molar-refractivity contribution in [3.63, 3.8) is 0 Å². The maximum absolute atomic E-state index is 12.3. The first-order valence-electron chi connectivity index (χ1n) is 7.48. The van der Waals surface area contributed by atoms with Gasteiger partial charge in [-0.2, -0.15) is 0 Å². The summed E-state index contributed by atoms with van der Waals surface area (Å²) in [6.45, 7) is 3.80. The molecule has 1 aliphatic rings. The van der Waals surface area contributed by atoms with E-state index in [0.29, 0.717) is 18.0 Å². The summed E-state index contributed by atoms with van der Waals surface area (Å²) in [5.41, 5.74) is 0.0790. The minimum absolute atomic E-state index is 0.0185. The second-order valence-corrected chi connectivity index (χ2v) is 6.07. The van der Waals surface area contributed by atoms with Crippen molar-refractivity contribution in [2.24, 2.45) is 5.41 Å². The number of hydrogen-bond acceptors (Lipinski definition) is 8. The number of esters is 2. The monoisotopic (exact) mass is 341 g/mol. The molecule has 2 rings (SSSR count). The van der Waals surface area contributed by atoms with Crippen LogP contribution in [-0.2, 0) is 23.9 Å². The fourth-order valence-corrected chi connectivity index (χ4v) is 2.91. The van der Waals surface area contributed by atoms with Crippen molar-refractivity contribution in [3.05, 3.63) is 5.51 Å². The first-order chi connectivity index (χ1) is 11.0. The predicted octanol–water partition coefficient (Wildman–Crippen LogP) is 1.53. The van der Waals surface area contributed by atoms with Gasteiger partial charge in [-0.3, -0.25) is 19.7 Å². The average molecular weight is 341 g/mol. The van der Waals surface area contributed by atoms with Crippen LogP contribution in [0.5, 0.6) is 0 Å². The summed E-state index contributed by atoms with van der Waals surface area (Å²) in [4.78, 5) is 36.8. The van der Waals surface area contributed by atoms with E-state index >= 15 is 0 Å². The third-order valence-corrected chi connectivity index (χ3v) is 4.29. The maximum Gasteiger partial charge on any atom is 0.324 e. The van der Waals surface area contributed by atoms with E-state index < -0.39 is 29.4 Å². The summed E-state index contributed by atoms with van der Waals surface area (Å²) in [7, 11) is 0. The lowest BCUT2D eigenvalue weighted by molar-refractivity contribution is -0.166. The molecule has 2 atom stereocenters. The number of ether oxygens (including phenoxy) is 2. The van der Waals surface area contributed by atoms with Crippen molar-refractivity contribution >= 4 is 34.3 Å². The van der Waals surface area contributed by atoms with Crippen molar-refractivity contribution in [2.45, 2.75) is 45.6 Å². The van der Waals surface area contributed by atoms with Crippen LogP contribution in [0.3, 0.4) is 0 Å². The van der Waals surface area contributed by atoms with Crippen molar-refractivity contribution < 1.29 is 23.9 Å². The van der Waals surface area contributed by atoms with Crippen molar-refractivity contribution in [1.82, 2.24) is 10.2 Å². The zero-order valence-electron chi connectivity index (χ0n) is 13.0. The van der Waals surface area contributed by atoms with Gasteiger partial charge < -0.3 is 9.47 Å². The zero-order valence-corrected chi connectivity index (χ0v) is 13.9. The molecule has 1 fully saturated rings. The second-order valence-electron chi connectivity index (χ2n) is 5.24. The number of unbranched alkanes of at least 4 members (excludes halogenated alkanes) is 1. The fraction of sp³-hybridized carbons (Fsp3) is 0.643. The average Bonchev–Trinajstić information content (AvgIpc) is 3.14. The number of amides is 1. The minimum atomic E-state index is -1.39. The Hall–Kier alpha value is -2.03. The van der Waals surface area contributed by atoms with E-state index in [2.05, 4.69) is 15.5 Å². The van der Waals surface area contributed by atoms with Crippen molar-refractivity contribution in [2.75, 3.05) is 11.9 Å². The van der Waals surface area contributed by atoms with Gasteiger partial charge in [-0.25, -0.2) is 0 Å². The quantitative estimate of drug-likeness (QED) is 0.592. The number of rotatable bonds is 7. The van der Waals surface area contributed by atoms with Crippen LogP contribution in [0.1, 0.15) is 39.5 Å². The first kappa shape index (κ1) is 17.3. The molecule has 2 unspecified atom stereocenters. The first-order valence-corrected chi connectivity index (χ1v) is 8.36. The summed E-state index contributed by atoms with van der Waals surface area (Å²) in [5.74, 6) is -1.83. The Labute approximate surface area is 137 Å². The molecule has 8 nitrogen and oxygen atoms in total. The van der Waals surface area contributed by atoms with Gasteiger partial charge in [0.2, 0.25) is 5.13 Å². The maximum atomic E-state index is 12.3. The standard InChI is InChI=1S/C14H19N3O5S/c1-3-5-6-14(11(19)21-4-2)7-9(22-12(14)20)10(18)16-13-17-15-8-23-13/h8-9H,3-7H2,1-2H3,(H,16,17,18). The van der Waals surface area contributed by atoms with E-state index in [0.717, 1.165) is 17.8 Å². The summed E-state index contributed by atoms with van der Waals surface area (Å²) < 4.78 is 10.2. The van der Waals surface area contributed by atoms with Gasteiger partial charge in [0.15, 0.2) is 11.5 Å². The van der Waals surface area contributed by atoms with E-state index in [9.17, 15) is 14.4 Å². The molecule has 1 amide bonds. The van der Waals surface area contributed by atoms with Gasteiger partial charge in [0.25, 0.3) is 5.91 Å². The third kappa shape index (κ3) is 3.66. The van der Waals surface area contributed by atoms with Gasteiger partial charge in [-0.1, -0.05) is 31.1 Å². The Morgan fingerprint density at radius 2 is 2.30 bits per heavy atom. The summed E-state index contributed by atoms with van der Waals surface area (Å²) in [6.07, 6.45) is 0.737. The molecule has 126 valence electrons. The van der Waals surface area contributed by atoms with Gasteiger partial charge in [-0.15, -0.1) is 10.2 Å². The second kappa shape index (κ2) is 7.49. The molecule has 0 bridgehead atoms. The third-order valence-electron chi connectivity index (χ3n) is 3.68. The normalized spacial score (nSPS) is 23.4. The molecule has 9 heteroatoms. The summed E-state index contributed by atoms with van der Waals surface area (Å²) in [5, 5.41) is 10.2. The Bertz CT molecular complexity index is 577. The van der Waals surface area contributed by atoms with Crippen LogP contribution in [0.2, 0.25) is 0 Å². The van der Waals surface area contributed by atoms with E-state index in [1.54, 1.807) is 6.92 Å². The Morgan fingerprint density at radius 1 is 1.52 bits per heavy atom. The molecule has 0 spiro atoms. The number of aromatic nitrogens is 2. The topological polar surface area (TPSA) is 107 Å². The van der Waals surface area contributed by atoms with Crippen LogP contribution >= 0.6 is 11.3 Å². The molecule has 1 aromatic heterocycles. The fourth-order valence-electron chi connectivity index (χ4n) is 2.46. The molecule has 1 saturated heterocycles. The number of anilines is 1. The molecule has 2 heterocycles. The van der Waals surface area contributed by atoms with E-state index in [1.807, 2.05) is 6.92 Å². The minimum Gasteiger partial charge on any atom is -0.465 e. The highest BCUT2D eigenvalue weighted by atomic mass is 32.1. The smallest absolute Gasteiger partial charge is 0.324 e. The van der Waals surface area contributed by atoms with Gasteiger partial charge in [0.1, 0.15) is 5.51 Å². The van der Waals surface area contributed by atoms with Crippen LogP contribution in [0.15, 0.2) is 5.51 Å². The number of nitrogens with zero attached hydrogens (tertiary/aromatic N) is 2. The molecule has 0 aromatic carbocycles. The van der Waals surface area contributed by atoms with E-state index in [4.69, 9.17) is 9.47 Å². The zero-order chi connectivity index (χ0) is 16.9. The Morgan fingerprint density at radius 3 is 2.91 bits per heavy atom. The summed E-state index contributed by atoms with van der Waals surface area (Å²) in [6, 6.07) is 0. The van der Waals surface area contributed by atoms with Crippen LogP contribution in [0.25, 0.3) is 0 Å². The van der Waals surface area contributed by atoms with E-state index in [-0.39, 0.29) is 13.0 Å². The Balaban J connectivity index is 2.13. The number of hydrogen-bond donors (Lipinski definition) is 1. The highest BCUT2D eigenvalue weighted by molar-refractivity contribution is 7.13. The molecule has 0 saturated carbocycles. The highest BCUT2D eigenvalue weighted by Gasteiger charge is 2.57. The lowest BCUT2D eigenvalue weighted by Crippen LogP contribution is -2.38. The van der Waals surface area contributed by atoms with Gasteiger partial charge in [0, 0.05) is 6.42 Å². The van der Waals surface area contributed by atoms with Crippen LogP contribution in [0, 0.1) is 5.41 Å². The highest BCUT2D eigenvalue weighted by Crippen LogP contribution is 2.40. The van der Waals surface area contributed by atoms with Crippen LogP contribution < -0.4 is 5.32 Å². The molecule has 0 radical (unpaired) electrons. The van der Waals surface area contributed by atoms with Crippen molar-refractivity contribution in [1.29, 1.82) is 0 Å². The van der Waals surface area contributed by atoms with Crippen LogP contribution in [-0.4, -0.2) is 40.8 Å². The summed E-state index contributed by atoms with van der Waals surface area (Å²) >= 11 is 1.15. The molecule has 0 aliphatic carbocycles. The molecule has 1 aromatic rings. The molecule has 23 heavy (non-hydrogen) atoms. The molecule has 1 aliphatic heterocycles. The van der Waals surface area contributed by atoms with Gasteiger partial charge in [-0.05, 0) is 13.3 Å². The van der Waals surface area contributed by atoms with Gasteiger partial charge >= 0.3 is 11.9 Å².